The number of likely N-dealkylation sites (N-methyl/N-ethyl adjacent to an activating group) is 1. The van der Waals surface area contributed by atoms with Crippen LogP contribution in [0.4, 0.5) is 5.69 Å². The van der Waals surface area contributed by atoms with Gasteiger partial charge in [0.25, 0.3) is 0 Å². The Balaban J connectivity index is 1.59. The Kier molecular flexibility index (Phi) is 5.28. The van der Waals surface area contributed by atoms with Gasteiger partial charge in [-0.2, -0.15) is 5.10 Å². The molecule has 0 spiro atoms. The Labute approximate surface area is 185 Å². The predicted molar refractivity (Wildman–Crippen MR) is 125 cm³/mol. The fourth-order valence-electron chi connectivity index (χ4n) is 4.10. The van der Waals surface area contributed by atoms with E-state index in [4.69, 9.17) is 20.6 Å². The normalized spacial score (nSPS) is 14.7. The number of aromatic nitrogens is 4. The molecule has 0 bridgehead atoms. The SMILES string of the molecule is CN(C)CCn1nc(-c2nc3ccc(N4CCOCC4)cc3[nH]2)c2cc(C(N)=O)ccc21. The number of morpholine rings is 1. The molecule has 166 valence electrons. The van der Waals surface area contributed by atoms with E-state index in [1.54, 1.807) is 12.1 Å². The summed E-state index contributed by atoms with van der Waals surface area (Å²) >= 11 is 0. The van der Waals surface area contributed by atoms with Crippen LogP contribution in [0.1, 0.15) is 10.4 Å². The molecule has 0 radical (unpaired) electrons. The zero-order valence-electron chi connectivity index (χ0n) is 18.3. The van der Waals surface area contributed by atoms with Crippen LogP contribution in [0.2, 0.25) is 0 Å². The van der Waals surface area contributed by atoms with Gasteiger partial charge in [0.15, 0.2) is 5.82 Å². The zero-order chi connectivity index (χ0) is 22.2. The molecule has 32 heavy (non-hydrogen) atoms. The van der Waals surface area contributed by atoms with Crippen molar-refractivity contribution < 1.29 is 9.53 Å². The van der Waals surface area contributed by atoms with E-state index >= 15 is 0 Å². The molecule has 3 heterocycles. The molecule has 0 unspecified atom stereocenters. The quantitative estimate of drug-likeness (QED) is 0.482. The second kappa shape index (κ2) is 8.25. The topological polar surface area (TPSA) is 105 Å². The minimum Gasteiger partial charge on any atom is -0.378 e. The Morgan fingerprint density at radius 2 is 2.00 bits per heavy atom. The van der Waals surface area contributed by atoms with Crippen LogP contribution in [0.3, 0.4) is 0 Å². The molecule has 0 saturated carbocycles. The number of amides is 1. The van der Waals surface area contributed by atoms with Crippen molar-refractivity contribution in [1.29, 1.82) is 0 Å². The van der Waals surface area contributed by atoms with Crippen molar-refractivity contribution in [2.45, 2.75) is 6.54 Å². The molecule has 9 heteroatoms. The van der Waals surface area contributed by atoms with Crippen LogP contribution < -0.4 is 10.6 Å². The number of hydrogen-bond donors (Lipinski definition) is 2. The van der Waals surface area contributed by atoms with E-state index < -0.39 is 5.91 Å². The first kappa shape index (κ1) is 20.5. The van der Waals surface area contributed by atoms with Gasteiger partial charge in [-0.25, -0.2) is 4.98 Å². The number of carbonyl (C=O) groups excluding carboxylic acids is 1. The van der Waals surface area contributed by atoms with E-state index in [1.807, 2.05) is 30.9 Å². The van der Waals surface area contributed by atoms with E-state index in [9.17, 15) is 4.79 Å². The molecule has 5 rings (SSSR count). The van der Waals surface area contributed by atoms with Crippen molar-refractivity contribution in [3.05, 3.63) is 42.0 Å². The summed E-state index contributed by atoms with van der Waals surface area (Å²) in [6.45, 7) is 4.81. The lowest BCUT2D eigenvalue weighted by atomic mass is 10.1. The summed E-state index contributed by atoms with van der Waals surface area (Å²) in [4.78, 5) is 24.5. The number of fused-ring (bicyclic) bond motifs is 2. The maximum absolute atomic E-state index is 11.8. The summed E-state index contributed by atoms with van der Waals surface area (Å²) in [6, 6.07) is 11.7. The van der Waals surface area contributed by atoms with E-state index in [0.717, 1.165) is 67.0 Å². The number of nitrogens with one attached hydrogen (secondary N) is 1. The molecule has 9 nitrogen and oxygen atoms in total. The third-order valence-corrected chi connectivity index (χ3v) is 5.86. The lowest BCUT2D eigenvalue weighted by molar-refractivity contribution is 0.100. The van der Waals surface area contributed by atoms with Gasteiger partial charge >= 0.3 is 0 Å². The second-order valence-electron chi connectivity index (χ2n) is 8.36. The highest BCUT2D eigenvalue weighted by Gasteiger charge is 2.18. The summed E-state index contributed by atoms with van der Waals surface area (Å²) in [5, 5.41) is 5.71. The highest BCUT2D eigenvalue weighted by molar-refractivity contribution is 6.01. The maximum atomic E-state index is 11.8. The summed E-state index contributed by atoms with van der Waals surface area (Å²) in [5.74, 6) is 0.216. The molecule has 1 aliphatic heterocycles. The van der Waals surface area contributed by atoms with Crippen LogP contribution in [-0.2, 0) is 11.3 Å². The van der Waals surface area contributed by atoms with Crippen molar-refractivity contribution in [3.8, 4) is 11.5 Å². The van der Waals surface area contributed by atoms with Crippen molar-refractivity contribution in [2.24, 2.45) is 5.73 Å². The molecule has 2 aromatic carbocycles. The first-order valence-corrected chi connectivity index (χ1v) is 10.8. The number of anilines is 1. The van der Waals surface area contributed by atoms with Gasteiger partial charge in [-0.1, -0.05) is 0 Å². The monoisotopic (exact) mass is 433 g/mol. The Morgan fingerprint density at radius 1 is 1.19 bits per heavy atom. The van der Waals surface area contributed by atoms with E-state index in [2.05, 4.69) is 26.9 Å². The van der Waals surface area contributed by atoms with Crippen molar-refractivity contribution in [3.63, 3.8) is 0 Å². The van der Waals surface area contributed by atoms with Crippen LogP contribution in [0, 0.1) is 0 Å². The number of nitrogens with two attached hydrogens (primary N) is 1. The first-order valence-electron chi connectivity index (χ1n) is 10.8. The molecule has 1 amide bonds. The summed E-state index contributed by atoms with van der Waals surface area (Å²) in [7, 11) is 4.06. The van der Waals surface area contributed by atoms with Gasteiger partial charge in [0.05, 0.1) is 36.3 Å². The number of nitrogens with zero attached hydrogens (tertiary/aromatic N) is 5. The number of benzene rings is 2. The number of hydrogen-bond acceptors (Lipinski definition) is 6. The largest absolute Gasteiger partial charge is 0.378 e. The minimum atomic E-state index is -0.460. The van der Waals surface area contributed by atoms with Crippen LogP contribution >= 0.6 is 0 Å². The zero-order valence-corrected chi connectivity index (χ0v) is 18.3. The van der Waals surface area contributed by atoms with Crippen LogP contribution in [0.5, 0.6) is 0 Å². The molecular weight excluding hydrogens is 406 g/mol. The van der Waals surface area contributed by atoms with E-state index in [1.165, 1.54) is 0 Å². The molecule has 2 aromatic heterocycles. The van der Waals surface area contributed by atoms with Crippen molar-refractivity contribution >= 4 is 33.5 Å². The highest BCUT2D eigenvalue weighted by Crippen LogP contribution is 2.30. The van der Waals surface area contributed by atoms with Crippen molar-refractivity contribution in [1.82, 2.24) is 24.6 Å². The fraction of sp³-hybridized carbons (Fsp3) is 0.348. The summed E-state index contributed by atoms with van der Waals surface area (Å²) < 4.78 is 7.43. The number of aromatic amines is 1. The molecule has 3 N–H and O–H groups in total. The highest BCUT2D eigenvalue weighted by atomic mass is 16.5. The van der Waals surface area contributed by atoms with E-state index in [-0.39, 0.29) is 0 Å². The van der Waals surface area contributed by atoms with Gasteiger partial charge in [0, 0.05) is 36.3 Å². The molecule has 0 atom stereocenters. The standard InChI is InChI=1S/C23H27N7O2/c1-28(2)7-8-30-20-6-3-15(22(24)31)13-17(20)21(27-30)23-25-18-5-4-16(14-19(18)26-23)29-9-11-32-12-10-29/h3-6,13-14H,7-12H2,1-2H3,(H2,24,31)(H,25,26). The fourth-order valence-corrected chi connectivity index (χ4v) is 4.10. The predicted octanol–water partition coefficient (Wildman–Crippen LogP) is 2.08. The van der Waals surface area contributed by atoms with Crippen LogP contribution in [0.25, 0.3) is 33.5 Å². The average molecular weight is 434 g/mol. The summed E-state index contributed by atoms with van der Waals surface area (Å²) in [6.07, 6.45) is 0. The third kappa shape index (κ3) is 3.80. The van der Waals surface area contributed by atoms with Gasteiger partial charge < -0.3 is 25.3 Å². The van der Waals surface area contributed by atoms with Crippen LogP contribution in [0.15, 0.2) is 36.4 Å². The lowest BCUT2D eigenvalue weighted by Crippen LogP contribution is -2.36. The number of ether oxygens (including phenoxy) is 1. The van der Waals surface area contributed by atoms with Gasteiger partial charge in [-0.05, 0) is 50.5 Å². The minimum absolute atomic E-state index is 0.455. The third-order valence-electron chi connectivity index (χ3n) is 5.86. The molecule has 0 aliphatic carbocycles. The lowest BCUT2D eigenvalue weighted by Gasteiger charge is -2.28. The van der Waals surface area contributed by atoms with Gasteiger partial charge in [-0.3, -0.25) is 9.48 Å². The average Bonchev–Trinajstić information content (AvgIpc) is 3.38. The number of imidazole rings is 1. The Hall–Kier alpha value is -3.43. The molecular formula is C23H27N7O2. The Morgan fingerprint density at radius 3 is 2.75 bits per heavy atom. The molecule has 1 aliphatic rings. The maximum Gasteiger partial charge on any atom is 0.248 e. The second-order valence-corrected chi connectivity index (χ2v) is 8.36. The number of carbonyl (C=O) groups is 1. The Bertz CT molecular complexity index is 1280. The van der Waals surface area contributed by atoms with Crippen molar-refractivity contribution in [2.75, 3.05) is 51.8 Å². The number of rotatable bonds is 6. The molecule has 1 fully saturated rings. The number of H-pyrrole nitrogens is 1. The van der Waals surface area contributed by atoms with Gasteiger partial charge in [-0.15, -0.1) is 0 Å². The van der Waals surface area contributed by atoms with E-state index in [0.29, 0.717) is 17.1 Å². The van der Waals surface area contributed by atoms with Gasteiger partial charge in [0.1, 0.15) is 5.69 Å². The summed E-state index contributed by atoms with van der Waals surface area (Å²) in [5.41, 5.74) is 10.6. The van der Waals surface area contributed by atoms with Gasteiger partial charge in [0.2, 0.25) is 5.91 Å². The van der Waals surface area contributed by atoms with Crippen LogP contribution in [-0.4, -0.2) is 77.5 Å². The first-order chi connectivity index (χ1) is 15.5. The smallest absolute Gasteiger partial charge is 0.248 e. The number of primary amides is 1. The molecule has 1 saturated heterocycles. The molecule has 4 aromatic rings.